The lowest BCUT2D eigenvalue weighted by Crippen LogP contribution is -2.13. The first kappa shape index (κ1) is 12.7. The van der Waals surface area contributed by atoms with Crippen molar-refractivity contribution in [1.82, 2.24) is 0 Å². The Bertz CT molecular complexity index is 488. The average molecular weight is 232 g/mol. The van der Waals surface area contributed by atoms with Gasteiger partial charge in [-0.05, 0) is 23.8 Å². The average Bonchev–Trinajstić information content (AvgIpc) is 2.39. The van der Waals surface area contributed by atoms with E-state index in [1.807, 2.05) is 12.1 Å². The van der Waals surface area contributed by atoms with E-state index in [2.05, 4.69) is 9.53 Å². The van der Waals surface area contributed by atoms with Crippen molar-refractivity contribution in [1.29, 1.82) is 0 Å². The quantitative estimate of drug-likeness (QED) is 0.342. The number of methoxy groups -OCH3 is 2. The lowest BCUT2D eigenvalue weighted by molar-refractivity contribution is -0.137. The molecule has 0 unspecified atom stereocenters. The Morgan fingerprint density at radius 3 is 2.76 bits per heavy atom. The molecule has 0 saturated heterocycles. The fourth-order valence-corrected chi connectivity index (χ4v) is 1.17. The second-order valence-electron chi connectivity index (χ2n) is 3.09. The monoisotopic (exact) mass is 232 g/mol. The molecule has 0 radical (unpaired) electrons. The number of nitrogens with zero attached hydrogens (tertiary/aromatic N) is 2. The maximum absolute atomic E-state index is 11.1. The molecular formula is C12H12N2O3. The van der Waals surface area contributed by atoms with Gasteiger partial charge in [-0.3, -0.25) is 0 Å². The summed E-state index contributed by atoms with van der Waals surface area (Å²) < 4.78 is 9.48. The summed E-state index contributed by atoms with van der Waals surface area (Å²) in [7, 11) is 2.78. The fourth-order valence-electron chi connectivity index (χ4n) is 1.17. The molecule has 0 aromatic heterocycles. The molecule has 17 heavy (non-hydrogen) atoms. The standard InChI is InChI=1S/C12H12N2O3/c1-16-10-5-3-4-9(8-10)6-7-11(14-13)12(15)17-2/h3-8H,1-2H3/b7-6+. The van der Waals surface area contributed by atoms with Crippen molar-refractivity contribution in [2.45, 2.75) is 0 Å². The van der Waals surface area contributed by atoms with Crippen molar-refractivity contribution >= 4 is 17.8 Å². The third-order valence-corrected chi connectivity index (χ3v) is 2.03. The molecule has 0 saturated carbocycles. The highest BCUT2D eigenvalue weighted by Gasteiger charge is 2.16. The largest absolute Gasteiger partial charge is 0.497 e. The molecule has 0 amide bonds. The molecule has 0 spiro atoms. The molecule has 1 aromatic carbocycles. The van der Waals surface area contributed by atoms with Crippen molar-refractivity contribution in [3.8, 4) is 5.75 Å². The molecule has 0 heterocycles. The minimum absolute atomic E-state index is 0.171. The summed E-state index contributed by atoms with van der Waals surface area (Å²) in [5.41, 5.74) is 9.26. The number of rotatable bonds is 4. The first-order valence-corrected chi connectivity index (χ1v) is 4.83. The van der Waals surface area contributed by atoms with Crippen LogP contribution in [0, 0.1) is 0 Å². The van der Waals surface area contributed by atoms with Crippen LogP contribution in [0.2, 0.25) is 0 Å². The van der Waals surface area contributed by atoms with Gasteiger partial charge < -0.3 is 15.0 Å². The highest BCUT2D eigenvalue weighted by Crippen LogP contribution is 2.13. The van der Waals surface area contributed by atoms with Gasteiger partial charge in [0.05, 0.1) is 14.2 Å². The predicted molar refractivity (Wildman–Crippen MR) is 62.7 cm³/mol. The van der Waals surface area contributed by atoms with Crippen molar-refractivity contribution in [3.63, 3.8) is 0 Å². The lowest BCUT2D eigenvalue weighted by Gasteiger charge is -1.99. The van der Waals surface area contributed by atoms with E-state index in [1.54, 1.807) is 25.3 Å². The first-order valence-electron chi connectivity index (χ1n) is 4.83. The highest BCUT2D eigenvalue weighted by atomic mass is 16.5. The normalized spacial score (nSPS) is 9.76. The zero-order valence-electron chi connectivity index (χ0n) is 9.58. The van der Waals surface area contributed by atoms with E-state index >= 15 is 0 Å². The van der Waals surface area contributed by atoms with Gasteiger partial charge in [-0.25, -0.2) is 4.79 Å². The number of carbonyl (C=O) groups is 1. The van der Waals surface area contributed by atoms with E-state index in [9.17, 15) is 4.79 Å². The summed E-state index contributed by atoms with van der Waals surface area (Å²) in [6.45, 7) is 0. The molecule has 0 aliphatic rings. The zero-order chi connectivity index (χ0) is 12.7. The number of hydrogen-bond acceptors (Lipinski definition) is 3. The molecule has 5 heteroatoms. The Morgan fingerprint density at radius 2 is 2.18 bits per heavy atom. The summed E-state index contributed by atoms with van der Waals surface area (Å²) in [4.78, 5) is 13.9. The molecular weight excluding hydrogens is 220 g/mol. The predicted octanol–water partition coefficient (Wildman–Crippen LogP) is 1.55. The molecule has 1 rings (SSSR count). The molecule has 0 atom stereocenters. The Balaban J connectivity index is 2.89. The Labute approximate surface area is 98.9 Å². The number of benzene rings is 1. The number of ether oxygens (including phenoxy) is 2. The van der Waals surface area contributed by atoms with Gasteiger partial charge in [0.15, 0.2) is 0 Å². The third kappa shape index (κ3) is 3.59. The number of carbonyl (C=O) groups excluding carboxylic acids is 1. The van der Waals surface area contributed by atoms with E-state index in [0.29, 0.717) is 5.75 Å². The zero-order valence-corrected chi connectivity index (χ0v) is 9.58. The van der Waals surface area contributed by atoms with Crippen LogP contribution >= 0.6 is 0 Å². The van der Waals surface area contributed by atoms with Crippen LogP contribution < -0.4 is 4.74 Å². The van der Waals surface area contributed by atoms with Crippen LogP contribution in [0.15, 0.2) is 30.3 Å². The minimum Gasteiger partial charge on any atom is -0.497 e. The van der Waals surface area contributed by atoms with Gasteiger partial charge in [-0.1, -0.05) is 12.1 Å². The topological polar surface area (TPSA) is 71.9 Å². The van der Waals surface area contributed by atoms with Crippen LogP contribution in [-0.2, 0) is 9.53 Å². The summed E-state index contributed by atoms with van der Waals surface area (Å²) >= 11 is 0. The Kier molecular flexibility index (Phi) is 4.66. The van der Waals surface area contributed by atoms with E-state index in [4.69, 9.17) is 10.3 Å². The van der Waals surface area contributed by atoms with Crippen LogP contribution in [0.5, 0.6) is 5.75 Å². The molecule has 1 aromatic rings. The number of esters is 1. The lowest BCUT2D eigenvalue weighted by atomic mass is 10.2. The van der Waals surface area contributed by atoms with Crippen LogP contribution in [0.3, 0.4) is 0 Å². The van der Waals surface area contributed by atoms with E-state index < -0.39 is 5.97 Å². The maximum atomic E-state index is 11.1. The van der Waals surface area contributed by atoms with E-state index in [0.717, 1.165) is 5.56 Å². The van der Waals surface area contributed by atoms with Crippen LogP contribution in [0.1, 0.15) is 5.56 Å². The van der Waals surface area contributed by atoms with Gasteiger partial charge in [-0.2, -0.15) is 4.79 Å². The van der Waals surface area contributed by atoms with Gasteiger partial charge in [0, 0.05) is 6.08 Å². The van der Waals surface area contributed by atoms with Gasteiger partial charge in [0.1, 0.15) is 5.75 Å². The molecule has 5 nitrogen and oxygen atoms in total. The SMILES string of the molecule is COC(=O)C(/C=C/c1cccc(OC)c1)=[N+]=[N-]. The molecule has 0 aliphatic carbocycles. The van der Waals surface area contributed by atoms with Crippen LogP contribution in [0.25, 0.3) is 11.6 Å². The molecule has 0 bridgehead atoms. The maximum Gasteiger partial charge on any atom is 0.421 e. The van der Waals surface area contributed by atoms with Gasteiger partial charge >= 0.3 is 11.7 Å². The summed E-state index contributed by atoms with van der Waals surface area (Å²) in [6, 6.07) is 7.22. The van der Waals surface area contributed by atoms with Crippen LogP contribution in [0.4, 0.5) is 0 Å². The number of hydrogen-bond donors (Lipinski definition) is 0. The first-order chi connectivity index (χ1) is 8.21. The van der Waals surface area contributed by atoms with Crippen molar-refractivity contribution in [2.24, 2.45) is 0 Å². The summed E-state index contributed by atoms with van der Waals surface area (Å²) in [5.74, 6) is -0.000601. The van der Waals surface area contributed by atoms with Gasteiger partial charge in [0.2, 0.25) is 0 Å². The van der Waals surface area contributed by atoms with E-state index in [-0.39, 0.29) is 5.71 Å². The molecule has 0 N–H and O–H groups in total. The molecule has 0 aliphatic heterocycles. The van der Waals surface area contributed by atoms with Crippen molar-refractivity contribution < 1.29 is 19.1 Å². The summed E-state index contributed by atoms with van der Waals surface area (Å²) in [6.07, 6.45) is 2.98. The van der Waals surface area contributed by atoms with Crippen LogP contribution in [-0.4, -0.2) is 30.7 Å². The smallest absolute Gasteiger partial charge is 0.421 e. The van der Waals surface area contributed by atoms with Gasteiger partial charge in [-0.15, -0.1) is 0 Å². The fraction of sp³-hybridized carbons (Fsp3) is 0.167. The third-order valence-electron chi connectivity index (χ3n) is 2.03. The van der Waals surface area contributed by atoms with Gasteiger partial charge in [0.25, 0.3) is 0 Å². The molecule has 0 fully saturated rings. The van der Waals surface area contributed by atoms with Crippen molar-refractivity contribution in [2.75, 3.05) is 14.2 Å². The Morgan fingerprint density at radius 1 is 1.41 bits per heavy atom. The Hall–Kier alpha value is -2.39. The minimum atomic E-state index is -0.702. The van der Waals surface area contributed by atoms with Crippen molar-refractivity contribution in [3.05, 3.63) is 41.4 Å². The second kappa shape index (κ2) is 6.25. The highest BCUT2D eigenvalue weighted by molar-refractivity contribution is 6.39. The van der Waals surface area contributed by atoms with E-state index in [1.165, 1.54) is 13.2 Å². The second-order valence-corrected chi connectivity index (χ2v) is 3.09. The summed E-state index contributed by atoms with van der Waals surface area (Å²) in [5, 5.41) is 0. The molecule has 88 valence electrons.